The molecule has 5 heteroatoms. The molecule has 2 aromatic rings. The molecule has 0 radical (unpaired) electrons. The lowest BCUT2D eigenvalue weighted by molar-refractivity contribution is 0.103. The van der Waals surface area contributed by atoms with Crippen LogP contribution in [0.5, 0.6) is 17.2 Å². The SMILES string of the molecule is COc1ccc(OC)c(C=C(C)C(=O)c2ccc(N)c(OC)c2)c1. The van der Waals surface area contributed by atoms with E-state index in [9.17, 15) is 4.79 Å². The molecule has 0 aliphatic carbocycles. The van der Waals surface area contributed by atoms with Gasteiger partial charge in [-0.1, -0.05) is 0 Å². The van der Waals surface area contributed by atoms with Gasteiger partial charge in [0.25, 0.3) is 0 Å². The van der Waals surface area contributed by atoms with Crippen molar-refractivity contribution < 1.29 is 19.0 Å². The van der Waals surface area contributed by atoms with Crippen LogP contribution in [-0.2, 0) is 0 Å². The number of methoxy groups -OCH3 is 3. The maximum absolute atomic E-state index is 12.6. The summed E-state index contributed by atoms with van der Waals surface area (Å²) in [4.78, 5) is 12.6. The molecule has 2 N–H and O–H groups in total. The number of Topliss-reactive ketones (excluding diaryl/α,β-unsaturated/α-hetero) is 1. The number of hydrogen-bond donors (Lipinski definition) is 1. The zero-order valence-corrected chi connectivity index (χ0v) is 14.3. The molecular formula is C19H21NO4. The van der Waals surface area contributed by atoms with Gasteiger partial charge < -0.3 is 19.9 Å². The third-order valence-corrected chi connectivity index (χ3v) is 3.66. The van der Waals surface area contributed by atoms with Gasteiger partial charge in [0.2, 0.25) is 0 Å². The van der Waals surface area contributed by atoms with Crippen molar-refractivity contribution in [3.05, 3.63) is 53.1 Å². The van der Waals surface area contributed by atoms with Crippen LogP contribution in [0, 0.1) is 0 Å². The maximum atomic E-state index is 12.6. The number of ether oxygens (including phenoxy) is 3. The van der Waals surface area contributed by atoms with Crippen LogP contribution in [-0.4, -0.2) is 27.1 Å². The van der Waals surface area contributed by atoms with E-state index in [1.165, 1.54) is 7.11 Å². The van der Waals surface area contributed by atoms with Gasteiger partial charge in [-0.15, -0.1) is 0 Å². The zero-order valence-electron chi connectivity index (χ0n) is 14.3. The summed E-state index contributed by atoms with van der Waals surface area (Å²) in [6.45, 7) is 1.75. The number of ketones is 1. The molecule has 126 valence electrons. The van der Waals surface area contributed by atoms with Gasteiger partial charge >= 0.3 is 0 Å². The number of nitrogens with two attached hydrogens (primary N) is 1. The van der Waals surface area contributed by atoms with E-state index < -0.39 is 0 Å². The number of anilines is 1. The number of rotatable bonds is 6. The molecule has 0 unspecified atom stereocenters. The highest BCUT2D eigenvalue weighted by atomic mass is 16.5. The zero-order chi connectivity index (χ0) is 17.7. The highest BCUT2D eigenvalue weighted by Crippen LogP contribution is 2.28. The van der Waals surface area contributed by atoms with E-state index >= 15 is 0 Å². The van der Waals surface area contributed by atoms with Gasteiger partial charge in [-0.05, 0) is 55.0 Å². The average molecular weight is 327 g/mol. The van der Waals surface area contributed by atoms with Crippen molar-refractivity contribution in [3.63, 3.8) is 0 Å². The fourth-order valence-electron chi connectivity index (χ4n) is 2.33. The van der Waals surface area contributed by atoms with E-state index in [1.807, 2.05) is 6.07 Å². The first-order chi connectivity index (χ1) is 11.5. The molecule has 0 aliphatic heterocycles. The van der Waals surface area contributed by atoms with Crippen LogP contribution >= 0.6 is 0 Å². The molecular weight excluding hydrogens is 306 g/mol. The molecule has 24 heavy (non-hydrogen) atoms. The van der Waals surface area contributed by atoms with E-state index in [4.69, 9.17) is 19.9 Å². The van der Waals surface area contributed by atoms with E-state index in [0.717, 1.165) is 5.56 Å². The monoisotopic (exact) mass is 327 g/mol. The Morgan fingerprint density at radius 1 is 0.958 bits per heavy atom. The lowest BCUT2D eigenvalue weighted by atomic mass is 10.0. The van der Waals surface area contributed by atoms with Crippen LogP contribution in [0.3, 0.4) is 0 Å². The Balaban J connectivity index is 2.38. The molecule has 0 saturated heterocycles. The normalized spacial score (nSPS) is 11.1. The minimum Gasteiger partial charge on any atom is -0.497 e. The largest absolute Gasteiger partial charge is 0.497 e. The van der Waals surface area contributed by atoms with E-state index in [-0.39, 0.29) is 5.78 Å². The maximum Gasteiger partial charge on any atom is 0.188 e. The second-order valence-corrected chi connectivity index (χ2v) is 5.22. The second kappa shape index (κ2) is 7.55. The number of carbonyl (C=O) groups excluding carboxylic acids is 1. The van der Waals surface area contributed by atoms with Gasteiger partial charge in [0.1, 0.15) is 17.2 Å². The van der Waals surface area contributed by atoms with Crippen LogP contribution < -0.4 is 19.9 Å². The van der Waals surface area contributed by atoms with E-state index in [0.29, 0.717) is 34.1 Å². The Kier molecular flexibility index (Phi) is 5.47. The molecule has 0 spiro atoms. The molecule has 0 aromatic heterocycles. The van der Waals surface area contributed by atoms with Gasteiger partial charge in [-0.25, -0.2) is 0 Å². The van der Waals surface area contributed by atoms with Crippen molar-refractivity contribution in [2.75, 3.05) is 27.1 Å². The Morgan fingerprint density at radius 3 is 2.29 bits per heavy atom. The van der Waals surface area contributed by atoms with Crippen molar-refractivity contribution in [1.29, 1.82) is 0 Å². The molecule has 0 bridgehead atoms. The summed E-state index contributed by atoms with van der Waals surface area (Å²) in [6.07, 6.45) is 1.77. The molecule has 0 fully saturated rings. The molecule has 0 heterocycles. The summed E-state index contributed by atoms with van der Waals surface area (Å²) < 4.78 is 15.7. The summed E-state index contributed by atoms with van der Waals surface area (Å²) >= 11 is 0. The smallest absolute Gasteiger partial charge is 0.188 e. The Morgan fingerprint density at radius 2 is 1.67 bits per heavy atom. The summed E-state index contributed by atoms with van der Waals surface area (Å²) in [5.41, 5.74) is 8.12. The lowest BCUT2D eigenvalue weighted by Gasteiger charge is -2.09. The fraction of sp³-hybridized carbons (Fsp3) is 0.211. The van der Waals surface area contributed by atoms with Crippen molar-refractivity contribution >= 4 is 17.5 Å². The van der Waals surface area contributed by atoms with Gasteiger partial charge in [0.15, 0.2) is 5.78 Å². The predicted octanol–water partition coefficient (Wildman–Crippen LogP) is 3.58. The third kappa shape index (κ3) is 3.68. The van der Waals surface area contributed by atoms with Crippen molar-refractivity contribution in [1.82, 2.24) is 0 Å². The van der Waals surface area contributed by atoms with Crippen molar-refractivity contribution in [2.24, 2.45) is 0 Å². The van der Waals surface area contributed by atoms with Crippen molar-refractivity contribution in [2.45, 2.75) is 6.92 Å². The second-order valence-electron chi connectivity index (χ2n) is 5.22. The number of carbonyl (C=O) groups is 1. The van der Waals surface area contributed by atoms with E-state index in [1.54, 1.807) is 57.6 Å². The quantitative estimate of drug-likeness (QED) is 0.499. The first kappa shape index (κ1) is 17.4. The topological polar surface area (TPSA) is 70.8 Å². The van der Waals surface area contributed by atoms with E-state index in [2.05, 4.69) is 0 Å². The first-order valence-corrected chi connectivity index (χ1v) is 7.38. The van der Waals surface area contributed by atoms with Gasteiger partial charge in [0, 0.05) is 11.1 Å². The highest BCUT2D eigenvalue weighted by molar-refractivity contribution is 6.11. The van der Waals surface area contributed by atoms with Gasteiger partial charge in [-0.2, -0.15) is 0 Å². The molecule has 5 nitrogen and oxygen atoms in total. The highest BCUT2D eigenvalue weighted by Gasteiger charge is 2.12. The molecule has 0 atom stereocenters. The van der Waals surface area contributed by atoms with Crippen LogP contribution in [0.15, 0.2) is 42.0 Å². The van der Waals surface area contributed by atoms with Crippen LogP contribution in [0.25, 0.3) is 6.08 Å². The summed E-state index contributed by atoms with van der Waals surface area (Å²) in [7, 11) is 4.69. The number of allylic oxidation sites excluding steroid dienone is 1. The number of benzene rings is 2. The molecule has 0 saturated carbocycles. The number of nitrogen functional groups attached to an aromatic ring is 1. The lowest BCUT2D eigenvalue weighted by Crippen LogP contribution is -2.03. The van der Waals surface area contributed by atoms with Crippen LogP contribution in [0.1, 0.15) is 22.8 Å². The van der Waals surface area contributed by atoms with Crippen molar-refractivity contribution in [3.8, 4) is 17.2 Å². The predicted molar refractivity (Wildman–Crippen MR) is 94.9 cm³/mol. The molecule has 0 amide bonds. The van der Waals surface area contributed by atoms with Crippen LogP contribution in [0.2, 0.25) is 0 Å². The standard InChI is InChI=1S/C19H21NO4/c1-12(9-14-10-15(22-2)6-8-17(14)23-3)19(21)13-5-7-16(20)18(11-13)24-4/h5-11H,20H2,1-4H3. The van der Waals surface area contributed by atoms with Crippen LogP contribution in [0.4, 0.5) is 5.69 Å². The molecule has 0 aliphatic rings. The molecule has 2 rings (SSSR count). The third-order valence-electron chi connectivity index (χ3n) is 3.66. The minimum absolute atomic E-state index is 0.113. The Hall–Kier alpha value is -2.95. The van der Waals surface area contributed by atoms with Gasteiger partial charge in [0.05, 0.1) is 27.0 Å². The fourth-order valence-corrected chi connectivity index (χ4v) is 2.33. The first-order valence-electron chi connectivity index (χ1n) is 7.38. The summed E-state index contributed by atoms with van der Waals surface area (Å²) in [6, 6.07) is 10.4. The number of hydrogen-bond acceptors (Lipinski definition) is 5. The average Bonchev–Trinajstić information content (AvgIpc) is 2.61. The van der Waals surface area contributed by atoms with Gasteiger partial charge in [-0.3, -0.25) is 4.79 Å². The summed E-state index contributed by atoms with van der Waals surface area (Å²) in [5, 5.41) is 0. The summed E-state index contributed by atoms with van der Waals surface area (Å²) in [5.74, 6) is 1.72. The Bertz CT molecular complexity index is 781. The Labute approximate surface area is 141 Å². The minimum atomic E-state index is -0.113. The molecule has 2 aromatic carbocycles.